The molecule has 0 saturated carbocycles. The zero-order valence-corrected chi connectivity index (χ0v) is 13.0. The normalized spacial score (nSPS) is 13.7. The number of nitrogens with one attached hydrogen (secondary N) is 1. The van der Waals surface area contributed by atoms with Crippen molar-refractivity contribution in [1.82, 2.24) is 10.3 Å². The molecule has 0 saturated heterocycles. The summed E-state index contributed by atoms with van der Waals surface area (Å²) in [7, 11) is 0. The number of aromatic hydroxyl groups is 1. The second-order valence-corrected chi connectivity index (χ2v) is 6.20. The monoisotopic (exact) mass is 312 g/mol. The van der Waals surface area contributed by atoms with Crippen molar-refractivity contribution in [3.8, 4) is 5.75 Å². The maximum atomic E-state index is 12.2. The molecule has 0 spiro atoms. The Hall–Kier alpha value is -2.40. The van der Waals surface area contributed by atoms with Gasteiger partial charge in [0.15, 0.2) is 0 Å². The van der Waals surface area contributed by atoms with E-state index in [1.165, 1.54) is 0 Å². The number of hydrogen-bond acceptors (Lipinski definition) is 4. The number of benzene rings is 1. The van der Waals surface area contributed by atoms with E-state index in [1.807, 2.05) is 30.5 Å². The first-order valence-corrected chi connectivity index (χ1v) is 7.89. The van der Waals surface area contributed by atoms with E-state index in [-0.39, 0.29) is 11.7 Å². The highest BCUT2D eigenvalue weighted by molar-refractivity contribution is 7.09. The minimum absolute atomic E-state index is 0.0819. The molecule has 1 heterocycles. The number of phenols is 1. The lowest BCUT2D eigenvalue weighted by Gasteiger charge is -2.06. The van der Waals surface area contributed by atoms with Gasteiger partial charge in [0, 0.05) is 17.5 Å². The summed E-state index contributed by atoms with van der Waals surface area (Å²) < 4.78 is 0. The number of amides is 1. The topological polar surface area (TPSA) is 62.2 Å². The van der Waals surface area contributed by atoms with E-state index < -0.39 is 0 Å². The van der Waals surface area contributed by atoms with E-state index in [0.717, 1.165) is 27.4 Å². The Morgan fingerprint density at radius 3 is 3.05 bits per heavy atom. The lowest BCUT2D eigenvalue weighted by molar-refractivity contribution is -0.117. The van der Waals surface area contributed by atoms with Crippen LogP contribution < -0.4 is 5.32 Å². The van der Waals surface area contributed by atoms with Crippen LogP contribution in [0.15, 0.2) is 47.4 Å². The maximum absolute atomic E-state index is 12.2. The van der Waals surface area contributed by atoms with Crippen molar-refractivity contribution >= 4 is 22.8 Å². The summed E-state index contributed by atoms with van der Waals surface area (Å²) in [5.41, 5.74) is 3.54. The highest BCUT2D eigenvalue weighted by Crippen LogP contribution is 2.27. The van der Waals surface area contributed by atoms with Crippen molar-refractivity contribution in [2.75, 3.05) is 0 Å². The number of thiazole rings is 1. The van der Waals surface area contributed by atoms with Crippen LogP contribution in [0.2, 0.25) is 0 Å². The molecule has 0 radical (unpaired) electrons. The molecule has 1 aromatic carbocycles. The number of carbonyl (C=O) groups excluding carboxylic acids is 1. The van der Waals surface area contributed by atoms with Crippen molar-refractivity contribution < 1.29 is 9.90 Å². The van der Waals surface area contributed by atoms with Gasteiger partial charge in [-0.15, -0.1) is 11.3 Å². The van der Waals surface area contributed by atoms with E-state index in [1.54, 1.807) is 29.5 Å². The van der Waals surface area contributed by atoms with Crippen LogP contribution in [0.3, 0.4) is 0 Å². The molecule has 1 aromatic heterocycles. The number of allylic oxidation sites excluding steroid dienone is 3. The summed E-state index contributed by atoms with van der Waals surface area (Å²) in [5, 5.41) is 15.3. The fraction of sp³-hybridized carbons (Fsp3) is 0.176. The molecule has 3 rings (SSSR count). The van der Waals surface area contributed by atoms with Gasteiger partial charge in [-0.1, -0.05) is 18.2 Å². The van der Waals surface area contributed by atoms with Crippen LogP contribution in [-0.2, 0) is 11.3 Å². The Labute approximate surface area is 132 Å². The summed E-state index contributed by atoms with van der Waals surface area (Å²) in [4.78, 5) is 16.6. The Morgan fingerprint density at radius 1 is 1.45 bits per heavy atom. The minimum Gasteiger partial charge on any atom is -0.508 e. The molecule has 22 heavy (non-hydrogen) atoms. The van der Waals surface area contributed by atoms with Crippen LogP contribution in [0.4, 0.5) is 0 Å². The summed E-state index contributed by atoms with van der Waals surface area (Å²) in [6.07, 6.45) is 4.54. The van der Waals surface area contributed by atoms with E-state index in [2.05, 4.69) is 10.3 Å². The molecular formula is C17H16N2O2S. The molecule has 4 nitrogen and oxygen atoms in total. The lowest BCUT2D eigenvalue weighted by Crippen LogP contribution is -2.23. The lowest BCUT2D eigenvalue weighted by atomic mass is 10.2. The molecule has 1 amide bonds. The van der Waals surface area contributed by atoms with Gasteiger partial charge in [-0.05, 0) is 42.7 Å². The Bertz CT molecular complexity index is 774. The molecular weight excluding hydrogens is 296 g/mol. The fourth-order valence-electron chi connectivity index (χ4n) is 2.32. The van der Waals surface area contributed by atoms with Crippen molar-refractivity contribution in [1.29, 1.82) is 0 Å². The first-order valence-electron chi connectivity index (χ1n) is 7.01. The van der Waals surface area contributed by atoms with Gasteiger partial charge >= 0.3 is 0 Å². The molecule has 0 unspecified atom stereocenters. The second-order valence-electron chi connectivity index (χ2n) is 5.14. The SMILES string of the molecule is Cc1nc(C2=CCC(C(=O)NCc3cccc(O)c3)=C2)cs1. The minimum atomic E-state index is -0.0819. The Balaban J connectivity index is 1.62. The summed E-state index contributed by atoms with van der Waals surface area (Å²) in [5.74, 6) is 0.122. The average molecular weight is 312 g/mol. The summed E-state index contributed by atoms with van der Waals surface area (Å²) >= 11 is 1.60. The van der Waals surface area contributed by atoms with E-state index >= 15 is 0 Å². The molecule has 0 bridgehead atoms. The van der Waals surface area contributed by atoms with Crippen molar-refractivity contribution in [3.63, 3.8) is 0 Å². The summed E-state index contributed by atoms with van der Waals surface area (Å²) in [6.45, 7) is 2.37. The average Bonchev–Trinajstić information content (AvgIpc) is 3.13. The number of phenolic OH excluding ortho intramolecular Hbond substituents is 1. The first kappa shape index (κ1) is 14.5. The van der Waals surface area contributed by atoms with Gasteiger partial charge in [0.1, 0.15) is 5.75 Å². The van der Waals surface area contributed by atoms with Crippen LogP contribution >= 0.6 is 11.3 Å². The fourth-order valence-corrected chi connectivity index (χ4v) is 2.94. The number of rotatable bonds is 4. The van der Waals surface area contributed by atoms with Crippen molar-refractivity contribution in [2.45, 2.75) is 19.9 Å². The molecule has 2 aromatic rings. The number of hydrogen-bond donors (Lipinski definition) is 2. The van der Waals surface area contributed by atoms with Gasteiger partial charge in [-0.3, -0.25) is 4.79 Å². The van der Waals surface area contributed by atoms with Gasteiger partial charge in [-0.25, -0.2) is 4.98 Å². The van der Waals surface area contributed by atoms with Crippen molar-refractivity contribution in [3.05, 3.63) is 63.6 Å². The Kier molecular flexibility index (Phi) is 4.06. The molecule has 5 heteroatoms. The van der Waals surface area contributed by atoms with Crippen LogP contribution in [0.1, 0.15) is 22.7 Å². The van der Waals surface area contributed by atoms with Crippen LogP contribution in [-0.4, -0.2) is 16.0 Å². The van der Waals surface area contributed by atoms with Crippen LogP contribution in [0.5, 0.6) is 5.75 Å². The third-order valence-corrected chi connectivity index (χ3v) is 4.22. The largest absolute Gasteiger partial charge is 0.508 e. The maximum Gasteiger partial charge on any atom is 0.247 e. The molecule has 0 aliphatic heterocycles. The molecule has 2 N–H and O–H groups in total. The highest BCUT2D eigenvalue weighted by atomic mass is 32.1. The smallest absolute Gasteiger partial charge is 0.247 e. The van der Waals surface area contributed by atoms with Gasteiger partial charge in [0.05, 0.1) is 10.7 Å². The number of carbonyl (C=O) groups is 1. The quantitative estimate of drug-likeness (QED) is 0.911. The molecule has 1 aliphatic rings. The number of aryl methyl sites for hydroxylation is 1. The number of aromatic nitrogens is 1. The highest BCUT2D eigenvalue weighted by Gasteiger charge is 2.16. The predicted octanol–water partition coefficient (Wildman–Crippen LogP) is 3.19. The third-order valence-electron chi connectivity index (χ3n) is 3.44. The Morgan fingerprint density at radius 2 is 2.32 bits per heavy atom. The van der Waals surface area contributed by atoms with Crippen LogP contribution in [0.25, 0.3) is 5.57 Å². The van der Waals surface area contributed by atoms with E-state index in [4.69, 9.17) is 0 Å². The van der Waals surface area contributed by atoms with Gasteiger partial charge in [-0.2, -0.15) is 0 Å². The standard InChI is InChI=1S/C17H16N2O2S/c1-11-19-16(10-22-11)13-5-6-14(8-13)17(21)18-9-12-3-2-4-15(20)7-12/h2-5,7-8,10,20H,6,9H2,1H3,(H,18,21). The van der Waals surface area contributed by atoms with E-state index in [9.17, 15) is 9.90 Å². The molecule has 1 aliphatic carbocycles. The molecule has 0 atom stereocenters. The first-order chi connectivity index (χ1) is 10.6. The second kappa shape index (κ2) is 6.15. The third kappa shape index (κ3) is 3.26. The van der Waals surface area contributed by atoms with Gasteiger partial charge < -0.3 is 10.4 Å². The zero-order chi connectivity index (χ0) is 15.5. The predicted molar refractivity (Wildman–Crippen MR) is 87.5 cm³/mol. The van der Waals surface area contributed by atoms with Crippen molar-refractivity contribution in [2.24, 2.45) is 0 Å². The van der Waals surface area contributed by atoms with Crippen LogP contribution in [0, 0.1) is 6.92 Å². The van der Waals surface area contributed by atoms with Gasteiger partial charge in [0.2, 0.25) is 5.91 Å². The number of nitrogens with zero attached hydrogens (tertiary/aromatic N) is 1. The zero-order valence-electron chi connectivity index (χ0n) is 12.2. The molecule has 0 fully saturated rings. The molecule has 112 valence electrons. The van der Waals surface area contributed by atoms with Gasteiger partial charge in [0.25, 0.3) is 0 Å². The van der Waals surface area contributed by atoms with E-state index in [0.29, 0.717) is 13.0 Å². The summed E-state index contributed by atoms with van der Waals surface area (Å²) in [6, 6.07) is 6.88.